The standard InChI is InChI=1S/2C42H36N2/c2*1-29-13-21-33(22-14-29)43(34-23-15-30(2)16-24-34)41-37-9-5-7-11-39(37)42(40-12-8-6-10-38(40)41)44(35-25-17-31(3)18-26-35)36-27-19-32(4)20-28-36/h2*5-28H,1-4H3. The van der Waals surface area contributed by atoms with Crippen LogP contribution in [0.5, 0.6) is 0 Å². The van der Waals surface area contributed by atoms with Crippen LogP contribution in [0, 0.1) is 55.4 Å². The van der Waals surface area contributed by atoms with Crippen LogP contribution < -0.4 is 19.6 Å². The van der Waals surface area contributed by atoms with Crippen LogP contribution in [0.2, 0.25) is 0 Å². The molecular weight excluding hydrogens is 1060 g/mol. The molecule has 14 aromatic carbocycles. The van der Waals surface area contributed by atoms with E-state index in [0.29, 0.717) is 0 Å². The molecule has 0 amide bonds. The molecule has 0 unspecified atom stereocenters. The maximum atomic E-state index is 2.43. The van der Waals surface area contributed by atoms with E-state index in [2.05, 4.69) is 366 Å². The van der Waals surface area contributed by atoms with E-state index >= 15 is 0 Å². The van der Waals surface area contributed by atoms with Gasteiger partial charge in [0.1, 0.15) is 0 Å². The Labute approximate surface area is 519 Å². The van der Waals surface area contributed by atoms with Crippen LogP contribution in [0.15, 0.2) is 291 Å². The highest BCUT2D eigenvalue weighted by Gasteiger charge is 2.28. The summed E-state index contributed by atoms with van der Waals surface area (Å²) in [6.07, 6.45) is 0. The average molecular weight is 1140 g/mol. The number of aryl methyl sites for hydroxylation is 8. The van der Waals surface area contributed by atoms with Gasteiger partial charge in [-0.15, -0.1) is 0 Å². The van der Waals surface area contributed by atoms with Crippen LogP contribution in [0.1, 0.15) is 44.5 Å². The Morgan fingerprint density at radius 1 is 0.136 bits per heavy atom. The third kappa shape index (κ3) is 11.1. The second-order valence-electron chi connectivity index (χ2n) is 23.6. The van der Waals surface area contributed by atoms with Crippen LogP contribution in [-0.4, -0.2) is 0 Å². The molecule has 14 aromatic rings. The monoisotopic (exact) mass is 1140 g/mol. The van der Waals surface area contributed by atoms with E-state index < -0.39 is 0 Å². The summed E-state index contributed by atoms with van der Waals surface area (Å²) in [5, 5.41) is 9.60. The van der Waals surface area contributed by atoms with Gasteiger partial charge in [-0.05, 0) is 152 Å². The predicted molar refractivity (Wildman–Crippen MR) is 380 cm³/mol. The highest BCUT2D eigenvalue weighted by molar-refractivity contribution is 6.25. The summed E-state index contributed by atoms with van der Waals surface area (Å²) >= 11 is 0. The van der Waals surface area contributed by atoms with E-state index in [0.717, 1.165) is 45.5 Å². The average Bonchev–Trinajstić information content (AvgIpc) is 0.975. The molecule has 88 heavy (non-hydrogen) atoms. The second-order valence-corrected chi connectivity index (χ2v) is 23.6. The van der Waals surface area contributed by atoms with Crippen LogP contribution in [-0.2, 0) is 0 Å². The molecule has 14 rings (SSSR count). The Balaban J connectivity index is 0.000000162. The summed E-state index contributed by atoms with van der Waals surface area (Å²) in [6, 6.07) is 106. The lowest BCUT2D eigenvalue weighted by Gasteiger charge is -2.33. The molecule has 0 radical (unpaired) electrons. The molecule has 0 heterocycles. The van der Waals surface area contributed by atoms with Crippen molar-refractivity contribution < 1.29 is 0 Å². The third-order valence-electron chi connectivity index (χ3n) is 17.0. The smallest absolute Gasteiger partial charge is 0.0619 e. The zero-order valence-corrected chi connectivity index (χ0v) is 51.5. The molecule has 0 fully saturated rings. The summed E-state index contributed by atoms with van der Waals surface area (Å²) in [4.78, 5) is 9.70. The third-order valence-corrected chi connectivity index (χ3v) is 17.0. The zero-order valence-electron chi connectivity index (χ0n) is 51.5. The molecule has 4 heteroatoms. The van der Waals surface area contributed by atoms with Gasteiger partial charge in [-0.3, -0.25) is 0 Å². The van der Waals surface area contributed by atoms with Gasteiger partial charge < -0.3 is 19.6 Å². The fourth-order valence-corrected chi connectivity index (χ4v) is 12.3. The van der Waals surface area contributed by atoms with Gasteiger partial charge in [-0.1, -0.05) is 239 Å². The molecule has 4 nitrogen and oxygen atoms in total. The van der Waals surface area contributed by atoms with Gasteiger partial charge in [-0.25, -0.2) is 0 Å². The summed E-state index contributed by atoms with van der Waals surface area (Å²) in [7, 11) is 0. The Kier molecular flexibility index (Phi) is 15.6. The Morgan fingerprint density at radius 3 is 0.341 bits per heavy atom. The van der Waals surface area contributed by atoms with Crippen molar-refractivity contribution in [3.05, 3.63) is 336 Å². The van der Waals surface area contributed by atoms with E-state index in [4.69, 9.17) is 0 Å². The number of hydrogen-bond donors (Lipinski definition) is 0. The maximum Gasteiger partial charge on any atom is 0.0619 e. The normalized spacial score (nSPS) is 11.2. The zero-order chi connectivity index (χ0) is 60.4. The molecule has 0 bridgehead atoms. The molecule has 0 spiro atoms. The molecule has 0 aliphatic carbocycles. The first-order valence-electron chi connectivity index (χ1n) is 30.6. The van der Waals surface area contributed by atoms with Gasteiger partial charge in [0.05, 0.1) is 22.7 Å². The Hall–Kier alpha value is -10.7. The maximum absolute atomic E-state index is 2.43. The molecule has 0 aliphatic heterocycles. The lowest BCUT2D eigenvalue weighted by molar-refractivity contribution is 1.28. The first kappa shape index (κ1) is 56.5. The molecule has 0 saturated carbocycles. The highest BCUT2D eigenvalue weighted by Crippen LogP contribution is 2.53. The lowest BCUT2D eigenvalue weighted by Crippen LogP contribution is -2.14. The summed E-state index contributed by atoms with van der Waals surface area (Å²) in [5.41, 5.74) is 23.8. The SMILES string of the molecule is Cc1ccc(N(c2ccc(C)cc2)c2c3ccccc3c(N(c3ccc(C)cc3)c3ccc(C)cc3)c3ccccc23)cc1.Cc1ccc(N(c2ccc(C)cc2)c2c3ccccc3c(N(c3ccc(C)cc3)c3ccc(C)cc3)c3ccccc23)cc1. The number of fused-ring (bicyclic) bond motifs is 4. The minimum atomic E-state index is 1.14. The van der Waals surface area contributed by atoms with Crippen molar-refractivity contribution >= 4 is 111 Å². The van der Waals surface area contributed by atoms with Crippen molar-refractivity contribution in [3.63, 3.8) is 0 Å². The largest absolute Gasteiger partial charge is 0.309 e. The second kappa shape index (κ2) is 24.4. The first-order valence-corrected chi connectivity index (χ1v) is 30.6. The van der Waals surface area contributed by atoms with Gasteiger partial charge in [0.25, 0.3) is 0 Å². The van der Waals surface area contributed by atoms with Crippen molar-refractivity contribution in [1.82, 2.24) is 0 Å². The van der Waals surface area contributed by atoms with Gasteiger partial charge >= 0.3 is 0 Å². The summed E-state index contributed by atoms with van der Waals surface area (Å²) in [5.74, 6) is 0. The molecule has 0 saturated heterocycles. The van der Waals surface area contributed by atoms with E-state index in [1.54, 1.807) is 0 Å². The van der Waals surface area contributed by atoms with Gasteiger partial charge in [0.15, 0.2) is 0 Å². The van der Waals surface area contributed by atoms with Crippen molar-refractivity contribution in [2.45, 2.75) is 55.4 Å². The minimum absolute atomic E-state index is 1.14. The predicted octanol–water partition coefficient (Wildman–Crippen LogP) is 24.3. The molecular formula is C84H72N4. The summed E-state index contributed by atoms with van der Waals surface area (Å²) < 4.78 is 0. The fourth-order valence-electron chi connectivity index (χ4n) is 12.3. The molecule has 0 aliphatic rings. The van der Waals surface area contributed by atoms with Crippen LogP contribution >= 0.6 is 0 Å². The minimum Gasteiger partial charge on any atom is -0.309 e. The van der Waals surface area contributed by atoms with E-state index in [9.17, 15) is 0 Å². The molecule has 0 aromatic heterocycles. The van der Waals surface area contributed by atoms with Crippen LogP contribution in [0.25, 0.3) is 43.1 Å². The van der Waals surface area contributed by atoms with Gasteiger partial charge in [-0.2, -0.15) is 0 Å². The van der Waals surface area contributed by atoms with Crippen molar-refractivity contribution in [2.75, 3.05) is 19.6 Å². The van der Waals surface area contributed by atoms with Crippen LogP contribution in [0.4, 0.5) is 68.2 Å². The Bertz CT molecular complexity index is 3850. The summed E-state index contributed by atoms with van der Waals surface area (Å²) in [6.45, 7) is 17.1. The number of rotatable bonds is 12. The van der Waals surface area contributed by atoms with Gasteiger partial charge in [0.2, 0.25) is 0 Å². The van der Waals surface area contributed by atoms with Gasteiger partial charge in [0, 0.05) is 88.6 Å². The number of benzene rings is 14. The Morgan fingerprint density at radius 2 is 0.239 bits per heavy atom. The lowest BCUT2D eigenvalue weighted by atomic mass is 9.95. The molecule has 0 N–H and O–H groups in total. The number of nitrogens with zero attached hydrogens (tertiary/aromatic N) is 4. The van der Waals surface area contributed by atoms with E-state index in [1.165, 1.54) is 110 Å². The van der Waals surface area contributed by atoms with E-state index in [-0.39, 0.29) is 0 Å². The highest BCUT2D eigenvalue weighted by atomic mass is 15.2. The fraction of sp³-hybridized carbons (Fsp3) is 0.0952. The quantitative estimate of drug-likeness (QED) is 0.0893. The number of hydrogen-bond acceptors (Lipinski definition) is 4. The first-order chi connectivity index (χ1) is 42.9. The van der Waals surface area contributed by atoms with E-state index in [1.807, 2.05) is 0 Å². The molecule has 428 valence electrons. The molecule has 0 atom stereocenters. The topological polar surface area (TPSA) is 13.0 Å². The van der Waals surface area contributed by atoms with Crippen molar-refractivity contribution in [2.24, 2.45) is 0 Å². The number of anilines is 12. The van der Waals surface area contributed by atoms with Crippen LogP contribution in [0.3, 0.4) is 0 Å². The van der Waals surface area contributed by atoms with Crippen molar-refractivity contribution in [1.29, 1.82) is 0 Å². The van der Waals surface area contributed by atoms with Crippen molar-refractivity contribution in [3.8, 4) is 0 Å².